The number of hydrogen-bond acceptors (Lipinski definition) is 4. The highest BCUT2D eigenvalue weighted by Gasteiger charge is 2.05. The summed E-state index contributed by atoms with van der Waals surface area (Å²) in [5, 5.41) is 2.02. The molecule has 16 heavy (non-hydrogen) atoms. The summed E-state index contributed by atoms with van der Waals surface area (Å²) < 4.78 is 4.05. The minimum absolute atomic E-state index is 0.454. The SMILES string of the molecule is NCc1nccn1Cc1cn2ccsc2n1. The first-order valence-corrected chi connectivity index (χ1v) is 5.86. The number of nitrogens with zero attached hydrogens (tertiary/aromatic N) is 4. The molecule has 2 N–H and O–H groups in total. The lowest BCUT2D eigenvalue weighted by Crippen LogP contribution is -2.08. The van der Waals surface area contributed by atoms with Crippen molar-refractivity contribution < 1.29 is 0 Å². The maximum absolute atomic E-state index is 5.60. The Hall–Kier alpha value is -1.66. The third-order valence-corrected chi connectivity index (χ3v) is 3.23. The molecule has 0 aliphatic rings. The summed E-state index contributed by atoms with van der Waals surface area (Å²) in [5.74, 6) is 0.886. The highest BCUT2D eigenvalue weighted by Crippen LogP contribution is 2.12. The van der Waals surface area contributed by atoms with Gasteiger partial charge in [0, 0.05) is 30.2 Å². The molecule has 0 radical (unpaired) electrons. The highest BCUT2D eigenvalue weighted by atomic mass is 32.1. The minimum atomic E-state index is 0.454. The first-order valence-electron chi connectivity index (χ1n) is 4.98. The van der Waals surface area contributed by atoms with Crippen molar-refractivity contribution in [3.8, 4) is 0 Å². The van der Waals surface area contributed by atoms with Gasteiger partial charge in [0.25, 0.3) is 0 Å². The van der Waals surface area contributed by atoms with Gasteiger partial charge in [0.05, 0.1) is 18.8 Å². The summed E-state index contributed by atoms with van der Waals surface area (Å²) in [6.45, 7) is 1.18. The van der Waals surface area contributed by atoms with Crippen molar-refractivity contribution in [3.05, 3.63) is 41.7 Å². The van der Waals surface area contributed by atoms with Crippen LogP contribution in [0.5, 0.6) is 0 Å². The summed E-state index contributed by atoms with van der Waals surface area (Å²) in [6.07, 6.45) is 7.73. The van der Waals surface area contributed by atoms with E-state index >= 15 is 0 Å². The molecular formula is C10H11N5S. The normalized spacial score (nSPS) is 11.3. The van der Waals surface area contributed by atoms with Gasteiger partial charge in [-0.15, -0.1) is 11.3 Å². The smallest absolute Gasteiger partial charge is 0.193 e. The van der Waals surface area contributed by atoms with Crippen LogP contribution < -0.4 is 5.73 Å². The molecule has 6 heteroatoms. The van der Waals surface area contributed by atoms with Gasteiger partial charge in [-0.2, -0.15) is 0 Å². The molecule has 0 saturated heterocycles. The molecule has 0 amide bonds. The molecule has 0 unspecified atom stereocenters. The van der Waals surface area contributed by atoms with Crippen LogP contribution in [0.15, 0.2) is 30.2 Å². The number of rotatable bonds is 3. The molecule has 3 aromatic rings. The Balaban J connectivity index is 1.92. The van der Waals surface area contributed by atoms with Gasteiger partial charge in [-0.3, -0.25) is 4.40 Å². The Morgan fingerprint density at radius 3 is 3.12 bits per heavy atom. The Morgan fingerprint density at radius 1 is 1.38 bits per heavy atom. The molecule has 0 bridgehead atoms. The molecule has 0 aliphatic carbocycles. The van der Waals surface area contributed by atoms with Gasteiger partial charge in [-0.25, -0.2) is 9.97 Å². The third-order valence-electron chi connectivity index (χ3n) is 2.46. The molecule has 0 atom stereocenters. The van der Waals surface area contributed by atoms with Gasteiger partial charge in [-0.05, 0) is 0 Å². The average Bonchev–Trinajstić information content (AvgIpc) is 2.92. The number of thiazole rings is 1. The highest BCUT2D eigenvalue weighted by molar-refractivity contribution is 7.15. The van der Waals surface area contributed by atoms with Crippen LogP contribution in [0.1, 0.15) is 11.5 Å². The quantitative estimate of drug-likeness (QED) is 0.737. The molecule has 5 nitrogen and oxygen atoms in total. The molecule has 3 rings (SSSR count). The fourth-order valence-corrected chi connectivity index (χ4v) is 2.42. The van der Waals surface area contributed by atoms with E-state index < -0.39 is 0 Å². The molecular weight excluding hydrogens is 222 g/mol. The second-order valence-corrected chi connectivity index (χ2v) is 4.37. The Morgan fingerprint density at radius 2 is 2.31 bits per heavy atom. The first-order chi connectivity index (χ1) is 7.86. The van der Waals surface area contributed by atoms with Crippen LogP contribution >= 0.6 is 11.3 Å². The van der Waals surface area contributed by atoms with Gasteiger partial charge in [-0.1, -0.05) is 0 Å². The van der Waals surface area contributed by atoms with E-state index in [-0.39, 0.29) is 0 Å². The van der Waals surface area contributed by atoms with E-state index in [0.717, 1.165) is 23.0 Å². The number of hydrogen-bond donors (Lipinski definition) is 1. The topological polar surface area (TPSA) is 61.1 Å². The van der Waals surface area contributed by atoms with Crippen molar-refractivity contribution >= 4 is 16.3 Å². The summed E-state index contributed by atoms with van der Waals surface area (Å²) in [6, 6.07) is 0. The molecule has 0 aliphatic heterocycles. The van der Waals surface area contributed by atoms with Gasteiger partial charge in [0.1, 0.15) is 5.82 Å². The zero-order valence-electron chi connectivity index (χ0n) is 8.58. The second kappa shape index (κ2) is 3.73. The third kappa shape index (κ3) is 1.52. The molecule has 0 fully saturated rings. The lowest BCUT2D eigenvalue weighted by molar-refractivity contribution is 0.713. The Labute approximate surface area is 96.2 Å². The molecule has 3 heterocycles. The lowest BCUT2D eigenvalue weighted by Gasteiger charge is -2.02. The fourth-order valence-electron chi connectivity index (χ4n) is 1.70. The number of aromatic nitrogens is 4. The van der Waals surface area contributed by atoms with E-state index in [4.69, 9.17) is 5.73 Å². The van der Waals surface area contributed by atoms with E-state index in [1.165, 1.54) is 0 Å². The van der Waals surface area contributed by atoms with Crippen molar-refractivity contribution in [3.63, 3.8) is 0 Å². The zero-order valence-corrected chi connectivity index (χ0v) is 9.39. The minimum Gasteiger partial charge on any atom is -0.328 e. The van der Waals surface area contributed by atoms with E-state index in [1.807, 2.05) is 32.9 Å². The van der Waals surface area contributed by atoms with Gasteiger partial charge in [0.15, 0.2) is 4.96 Å². The predicted molar refractivity (Wildman–Crippen MR) is 62.3 cm³/mol. The lowest BCUT2D eigenvalue weighted by atomic mass is 10.4. The van der Waals surface area contributed by atoms with Gasteiger partial charge >= 0.3 is 0 Å². The van der Waals surface area contributed by atoms with Crippen LogP contribution in [0, 0.1) is 0 Å². The van der Waals surface area contributed by atoms with Gasteiger partial charge < -0.3 is 10.3 Å². The van der Waals surface area contributed by atoms with Crippen LogP contribution in [0.25, 0.3) is 4.96 Å². The molecule has 3 aromatic heterocycles. The fraction of sp³-hybridized carbons (Fsp3) is 0.200. The molecule has 82 valence electrons. The maximum atomic E-state index is 5.60. The van der Waals surface area contributed by atoms with Crippen LogP contribution in [-0.4, -0.2) is 18.9 Å². The largest absolute Gasteiger partial charge is 0.328 e. The van der Waals surface area contributed by atoms with Crippen molar-refractivity contribution in [1.29, 1.82) is 0 Å². The standard InChI is InChI=1S/C10H11N5S/c11-5-9-12-1-2-14(9)6-8-7-15-3-4-16-10(15)13-8/h1-4,7H,5-6,11H2. The van der Waals surface area contributed by atoms with Crippen molar-refractivity contribution in [2.24, 2.45) is 5.73 Å². The van der Waals surface area contributed by atoms with E-state index in [2.05, 4.69) is 9.97 Å². The van der Waals surface area contributed by atoms with E-state index in [9.17, 15) is 0 Å². The van der Waals surface area contributed by atoms with Crippen LogP contribution in [0.3, 0.4) is 0 Å². The number of fused-ring (bicyclic) bond motifs is 1. The van der Waals surface area contributed by atoms with Crippen molar-refractivity contribution in [1.82, 2.24) is 18.9 Å². The summed E-state index contributed by atoms with van der Waals surface area (Å²) in [4.78, 5) is 9.71. The van der Waals surface area contributed by atoms with Crippen LogP contribution in [-0.2, 0) is 13.1 Å². The van der Waals surface area contributed by atoms with Crippen molar-refractivity contribution in [2.45, 2.75) is 13.1 Å². The summed E-state index contributed by atoms with van der Waals surface area (Å²) in [7, 11) is 0. The number of imidazole rings is 2. The van der Waals surface area contributed by atoms with Crippen LogP contribution in [0.4, 0.5) is 0 Å². The van der Waals surface area contributed by atoms with E-state index in [1.54, 1.807) is 17.5 Å². The van der Waals surface area contributed by atoms with E-state index in [0.29, 0.717) is 6.54 Å². The van der Waals surface area contributed by atoms with Crippen molar-refractivity contribution in [2.75, 3.05) is 0 Å². The Kier molecular flexibility index (Phi) is 2.23. The summed E-state index contributed by atoms with van der Waals surface area (Å²) >= 11 is 1.63. The molecule has 0 spiro atoms. The summed E-state index contributed by atoms with van der Waals surface area (Å²) in [5.41, 5.74) is 6.62. The molecule has 0 aromatic carbocycles. The monoisotopic (exact) mass is 233 g/mol. The average molecular weight is 233 g/mol. The predicted octanol–water partition coefficient (Wildman–Crippen LogP) is 1.10. The number of nitrogens with two attached hydrogens (primary N) is 1. The maximum Gasteiger partial charge on any atom is 0.193 e. The molecule has 0 saturated carbocycles. The first kappa shape index (κ1) is 9.56. The Bertz CT molecular complexity index is 577. The van der Waals surface area contributed by atoms with Crippen LogP contribution in [0.2, 0.25) is 0 Å². The zero-order chi connectivity index (χ0) is 11.0. The van der Waals surface area contributed by atoms with Gasteiger partial charge in [0.2, 0.25) is 0 Å². The second-order valence-electron chi connectivity index (χ2n) is 3.50.